The first-order valence-corrected chi connectivity index (χ1v) is 5.88. The average molecular weight is 230 g/mol. The molecule has 0 spiro atoms. The number of nitrogens with one attached hydrogen (secondary N) is 1. The molecule has 1 N–H and O–H groups in total. The second kappa shape index (κ2) is 5.15. The van der Waals surface area contributed by atoms with E-state index in [-0.39, 0.29) is 0 Å². The molecule has 0 fully saturated rings. The third-order valence-electron chi connectivity index (χ3n) is 2.91. The molecule has 2 rings (SSSR count). The summed E-state index contributed by atoms with van der Waals surface area (Å²) in [6.07, 6.45) is 0. The Morgan fingerprint density at radius 1 is 1.29 bits per heavy atom. The van der Waals surface area contributed by atoms with Gasteiger partial charge in [-0.3, -0.25) is 0 Å². The van der Waals surface area contributed by atoms with E-state index in [1.165, 1.54) is 11.1 Å². The quantitative estimate of drug-likeness (QED) is 0.876. The van der Waals surface area contributed by atoms with Gasteiger partial charge in [0.1, 0.15) is 0 Å². The Balaban J connectivity index is 1.98. The molecule has 0 saturated heterocycles. The molecule has 1 aromatic carbocycles. The molecular weight excluding hydrogens is 212 g/mol. The monoisotopic (exact) mass is 230 g/mol. The lowest BCUT2D eigenvalue weighted by Gasteiger charge is -2.15. The Morgan fingerprint density at radius 3 is 2.71 bits per heavy atom. The molecule has 0 bridgehead atoms. The van der Waals surface area contributed by atoms with E-state index < -0.39 is 0 Å². The summed E-state index contributed by atoms with van der Waals surface area (Å²) in [4.78, 5) is 0. The molecule has 3 heteroatoms. The molecule has 0 aliphatic heterocycles. The van der Waals surface area contributed by atoms with Crippen LogP contribution >= 0.6 is 0 Å². The van der Waals surface area contributed by atoms with Crippen molar-refractivity contribution in [3.63, 3.8) is 0 Å². The first-order valence-electron chi connectivity index (χ1n) is 5.88. The smallest absolute Gasteiger partial charge is 0.150 e. The zero-order valence-electron chi connectivity index (χ0n) is 10.5. The summed E-state index contributed by atoms with van der Waals surface area (Å²) in [6.45, 7) is 6.92. The summed E-state index contributed by atoms with van der Waals surface area (Å²) in [5, 5.41) is 7.31. The van der Waals surface area contributed by atoms with Gasteiger partial charge in [-0.1, -0.05) is 29.4 Å². The minimum absolute atomic E-state index is 0.307. The van der Waals surface area contributed by atoms with Crippen molar-refractivity contribution in [1.29, 1.82) is 0 Å². The second-order valence-electron chi connectivity index (χ2n) is 4.39. The molecule has 0 amide bonds. The van der Waals surface area contributed by atoms with E-state index in [1.807, 2.05) is 13.0 Å². The lowest BCUT2D eigenvalue weighted by atomic mass is 10.0. The van der Waals surface area contributed by atoms with Crippen LogP contribution in [0.4, 0.5) is 0 Å². The summed E-state index contributed by atoms with van der Waals surface area (Å²) in [5.41, 5.74) is 3.55. The summed E-state index contributed by atoms with van der Waals surface area (Å²) < 4.78 is 5.17. The van der Waals surface area contributed by atoms with E-state index in [0.717, 1.165) is 11.5 Å². The highest BCUT2D eigenvalue weighted by atomic mass is 16.5. The predicted octanol–water partition coefficient (Wildman–Crippen LogP) is 3.14. The maximum atomic E-state index is 5.17. The lowest BCUT2D eigenvalue weighted by molar-refractivity contribution is 0.363. The summed E-state index contributed by atoms with van der Waals surface area (Å²) >= 11 is 0. The molecule has 90 valence electrons. The van der Waals surface area contributed by atoms with Crippen LogP contribution in [0.25, 0.3) is 0 Å². The SMILES string of the molecule is Cc1cc(CNC(C)c2ccccc2C)on1. The molecule has 0 aliphatic rings. The van der Waals surface area contributed by atoms with Gasteiger partial charge < -0.3 is 9.84 Å². The first-order chi connectivity index (χ1) is 8.16. The van der Waals surface area contributed by atoms with Crippen molar-refractivity contribution in [3.8, 4) is 0 Å². The number of hydrogen-bond acceptors (Lipinski definition) is 3. The van der Waals surface area contributed by atoms with Crippen molar-refractivity contribution in [2.24, 2.45) is 0 Å². The van der Waals surface area contributed by atoms with Gasteiger partial charge in [-0.25, -0.2) is 0 Å². The zero-order chi connectivity index (χ0) is 12.3. The number of benzene rings is 1. The maximum absolute atomic E-state index is 5.17. The van der Waals surface area contributed by atoms with E-state index in [2.05, 4.69) is 48.6 Å². The first kappa shape index (κ1) is 11.9. The second-order valence-corrected chi connectivity index (χ2v) is 4.39. The van der Waals surface area contributed by atoms with Gasteiger partial charge in [-0.15, -0.1) is 0 Å². The van der Waals surface area contributed by atoms with E-state index >= 15 is 0 Å². The van der Waals surface area contributed by atoms with Crippen molar-refractivity contribution in [3.05, 3.63) is 52.9 Å². The van der Waals surface area contributed by atoms with Crippen molar-refractivity contribution < 1.29 is 4.52 Å². The largest absolute Gasteiger partial charge is 0.360 e. The number of nitrogens with zero attached hydrogens (tertiary/aromatic N) is 1. The van der Waals surface area contributed by atoms with Crippen molar-refractivity contribution in [1.82, 2.24) is 10.5 Å². The van der Waals surface area contributed by atoms with Crippen LogP contribution in [0.15, 0.2) is 34.9 Å². The Kier molecular flexibility index (Phi) is 3.59. The minimum atomic E-state index is 0.307. The summed E-state index contributed by atoms with van der Waals surface area (Å²) in [7, 11) is 0. The molecule has 0 aliphatic carbocycles. The van der Waals surface area contributed by atoms with Crippen LogP contribution in [0.3, 0.4) is 0 Å². The molecule has 0 radical (unpaired) electrons. The Morgan fingerprint density at radius 2 is 2.06 bits per heavy atom. The van der Waals surface area contributed by atoms with Gasteiger partial charge in [0.05, 0.1) is 12.2 Å². The normalized spacial score (nSPS) is 12.6. The van der Waals surface area contributed by atoms with Gasteiger partial charge in [-0.05, 0) is 31.9 Å². The molecule has 1 heterocycles. The van der Waals surface area contributed by atoms with E-state index in [1.54, 1.807) is 0 Å². The van der Waals surface area contributed by atoms with Crippen molar-refractivity contribution in [2.45, 2.75) is 33.4 Å². The molecule has 1 atom stereocenters. The average Bonchev–Trinajstić information content (AvgIpc) is 2.73. The van der Waals surface area contributed by atoms with Gasteiger partial charge in [0.25, 0.3) is 0 Å². The van der Waals surface area contributed by atoms with Crippen LogP contribution in [0.1, 0.15) is 35.5 Å². The minimum Gasteiger partial charge on any atom is -0.360 e. The number of rotatable bonds is 4. The third-order valence-corrected chi connectivity index (χ3v) is 2.91. The van der Waals surface area contributed by atoms with Crippen LogP contribution in [-0.4, -0.2) is 5.16 Å². The topological polar surface area (TPSA) is 38.1 Å². The zero-order valence-corrected chi connectivity index (χ0v) is 10.5. The van der Waals surface area contributed by atoms with Gasteiger partial charge in [0.2, 0.25) is 0 Å². The fourth-order valence-electron chi connectivity index (χ4n) is 1.94. The highest BCUT2D eigenvalue weighted by molar-refractivity contribution is 5.28. The number of aryl methyl sites for hydroxylation is 2. The number of hydrogen-bond donors (Lipinski definition) is 1. The Bertz CT molecular complexity index is 490. The lowest BCUT2D eigenvalue weighted by Crippen LogP contribution is -2.18. The van der Waals surface area contributed by atoms with Crippen LogP contribution in [-0.2, 0) is 6.54 Å². The third kappa shape index (κ3) is 2.94. The van der Waals surface area contributed by atoms with Crippen molar-refractivity contribution in [2.75, 3.05) is 0 Å². The fourth-order valence-corrected chi connectivity index (χ4v) is 1.94. The van der Waals surface area contributed by atoms with E-state index in [9.17, 15) is 0 Å². The van der Waals surface area contributed by atoms with Crippen LogP contribution in [0, 0.1) is 13.8 Å². The molecule has 1 aromatic heterocycles. The maximum Gasteiger partial charge on any atom is 0.150 e. The predicted molar refractivity (Wildman–Crippen MR) is 67.7 cm³/mol. The van der Waals surface area contributed by atoms with Gasteiger partial charge >= 0.3 is 0 Å². The van der Waals surface area contributed by atoms with Gasteiger partial charge in [-0.2, -0.15) is 0 Å². The van der Waals surface area contributed by atoms with Gasteiger partial charge in [0.15, 0.2) is 5.76 Å². The van der Waals surface area contributed by atoms with Crippen LogP contribution in [0.5, 0.6) is 0 Å². The highest BCUT2D eigenvalue weighted by Crippen LogP contribution is 2.17. The highest BCUT2D eigenvalue weighted by Gasteiger charge is 2.08. The Hall–Kier alpha value is -1.61. The van der Waals surface area contributed by atoms with Crippen molar-refractivity contribution >= 4 is 0 Å². The Labute approximate surface area is 102 Å². The molecule has 17 heavy (non-hydrogen) atoms. The van der Waals surface area contributed by atoms with E-state index in [4.69, 9.17) is 4.52 Å². The molecule has 2 aromatic rings. The fraction of sp³-hybridized carbons (Fsp3) is 0.357. The van der Waals surface area contributed by atoms with E-state index in [0.29, 0.717) is 12.6 Å². The summed E-state index contributed by atoms with van der Waals surface area (Å²) in [6, 6.07) is 10.7. The number of aromatic nitrogens is 1. The molecule has 0 saturated carbocycles. The molecule has 1 unspecified atom stereocenters. The standard InChI is InChI=1S/C14H18N2O/c1-10-6-4-5-7-14(10)12(3)15-9-13-8-11(2)16-17-13/h4-8,12,15H,9H2,1-3H3. The van der Waals surface area contributed by atoms with Crippen LogP contribution < -0.4 is 5.32 Å². The molecule has 3 nitrogen and oxygen atoms in total. The molecular formula is C14H18N2O. The summed E-state index contributed by atoms with van der Waals surface area (Å²) in [5.74, 6) is 0.878. The van der Waals surface area contributed by atoms with Crippen LogP contribution in [0.2, 0.25) is 0 Å². The van der Waals surface area contributed by atoms with Gasteiger partial charge in [0, 0.05) is 12.1 Å².